The fraction of sp³-hybridized carbons (Fsp3) is 0.0870. The number of nitrogens with zero attached hydrogens (tertiary/aromatic N) is 2. The summed E-state index contributed by atoms with van der Waals surface area (Å²) in [5.74, 6) is 0. The van der Waals surface area contributed by atoms with Crippen molar-refractivity contribution in [2.75, 3.05) is 4.90 Å². The largest absolute Gasteiger partial charge is 0.455 e. The van der Waals surface area contributed by atoms with Gasteiger partial charge in [0.2, 0.25) is 0 Å². The molecular formula is C92H65BN2O2. The molecule has 0 fully saturated rings. The molecule has 5 heteroatoms. The zero-order valence-electron chi connectivity index (χ0n) is 54.9. The van der Waals surface area contributed by atoms with Crippen LogP contribution in [0.5, 0.6) is 0 Å². The number of rotatable bonds is 6. The Morgan fingerprint density at radius 2 is 0.814 bits per heavy atom. The summed E-state index contributed by atoms with van der Waals surface area (Å²) < 4.78 is 16.8. The molecule has 0 unspecified atom stereocenters. The topological polar surface area (TPSA) is 34.5 Å². The number of anilines is 3. The Hall–Kier alpha value is -11.7. The molecule has 15 aromatic carbocycles. The van der Waals surface area contributed by atoms with E-state index in [-0.39, 0.29) is 17.5 Å². The van der Waals surface area contributed by atoms with Crippen molar-refractivity contribution in [2.24, 2.45) is 0 Å². The first-order valence-corrected chi connectivity index (χ1v) is 34.1. The van der Waals surface area contributed by atoms with Crippen molar-refractivity contribution < 1.29 is 8.83 Å². The summed E-state index contributed by atoms with van der Waals surface area (Å²) in [5, 5.41) is 14.4. The van der Waals surface area contributed by atoms with E-state index in [0.717, 1.165) is 99.8 Å². The first kappa shape index (κ1) is 55.8. The number of furan rings is 2. The van der Waals surface area contributed by atoms with Gasteiger partial charge >= 0.3 is 0 Å². The Morgan fingerprint density at radius 1 is 0.309 bits per heavy atom. The van der Waals surface area contributed by atoms with Gasteiger partial charge in [-0.25, -0.2) is 0 Å². The van der Waals surface area contributed by atoms with E-state index in [0.29, 0.717) is 0 Å². The molecule has 0 atom stereocenters. The van der Waals surface area contributed by atoms with Gasteiger partial charge in [0.1, 0.15) is 22.3 Å². The van der Waals surface area contributed by atoms with Gasteiger partial charge in [-0.2, -0.15) is 0 Å². The van der Waals surface area contributed by atoms with Gasteiger partial charge in [0.15, 0.2) is 0 Å². The standard InChI is InChI=1S/C92H65BN2O2/c1-91(2,3)57-42-45-59(46-43-57)94-79-48-44-58(92(4,5)6)52-76(79)93-77-53-74-64-29-13-12-27-62(64)63-28-14-15-32-67(63)85(74)86-75-49-55(61-26-11-10-25-60(61)54-23-8-7-9-24-54)41-47-78(75)95(88(77)86)81-51-56(50-80(94)87(81)93)84-68(72-37-21-35-70-65-30-16-18-39-82(65)96-89(70)72)33-20-34-69(84)73-38-22-36-71-66-31-17-19-40-83(66)97-90(71)73/h7-53H,1-6H3. The quantitative estimate of drug-likeness (QED) is 0.123. The number of hydrogen-bond acceptors (Lipinski definition) is 3. The summed E-state index contributed by atoms with van der Waals surface area (Å²) in [7, 11) is 0. The summed E-state index contributed by atoms with van der Waals surface area (Å²) in [6.45, 7) is 13.8. The highest BCUT2D eigenvalue weighted by Gasteiger charge is 2.44. The molecule has 3 aromatic heterocycles. The summed E-state index contributed by atoms with van der Waals surface area (Å²) in [4.78, 5) is 2.60. The highest BCUT2D eigenvalue weighted by Crippen LogP contribution is 2.53. The average Bonchev–Trinajstić information content (AvgIpc) is 1.60. The monoisotopic (exact) mass is 1240 g/mol. The predicted octanol–water partition coefficient (Wildman–Crippen LogP) is 23.6. The van der Waals surface area contributed by atoms with Gasteiger partial charge in [-0.3, -0.25) is 0 Å². The maximum Gasteiger partial charge on any atom is 0.252 e. The molecule has 0 saturated heterocycles. The number of hydrogen-bond donors (Lipinski definition) is 0. The first-order valence-electron chi connectivity index (χ1n) is 34.1. The van der Waals surface area contributed by atoms with Crippen LogP contribution in [0, 0.1) is 0 Å². The molecule has 20 rings (SSSR count). The van der Waals surface area contributed by atoms with E-state index in [2.05, 4.69) is 336 Å². The molecule has 2 aliphatic heterocycles. The molecule has 4 nitrogen and oxygen atoms in total. The van der Waals surface area contributed by atoms with E-state index in [1.165, 1.54) is 104 Å². The zero-order valence-corrected chi connectivity index (χ0v) is 54.9. The molecule has 0 N–H and O–H groups in total. The molecule has 0 saturated carbocycles. The molecule has 458 valence electrons. The maximum atomic E-state index is 7.07. The minimum Gasteiger partial charge on any atom is -0.455 e. The Bertz CT molecular complexity index is 6270. The van der Waals surface area contributed by atoms with Crippen molar-refractivity contribution in [1.82, 2.24) is 4.57 Å². The van der Waals surface area contributed by atoms with Crippen LogP contribution in [0.2, 0.25) is 0 Å². The van der Waals surface area contributed by atoms with Crippen molar-refractivity contribution in [2.45, 2.75) is 52.4 Å². The molecule has 0 aliphatic carbocycles. The lowest BCUT2D eigenvalue weighted by atomic mass is 9.33. The van der Waals surface area contributed by atoms with E-state index >= 15 is 0 Å². The molecule has 2 aliphatic rings. The summed E-state index contributed by atoms with van der Waals surface area (Å²) in [6, 6.07) is 107. The van der Waals surface area contributed by atoms with Crippen LogP contribution >= 0.6 is 0 Å². The van der Waals surface area contributed by atoms with Crippen LogP contribution in [-0.2, 0) is 10.8 Å². The van der Waals surface area contributed by atoms with Crippen LogP contribution in [0.4, 0.5) is 17.1 Å². The molecule has 0 radical (unpaired) electrons. The van der Waals surface area contributed by atoms with Gasteiger partial charge in [-0.15, -0.1) is 0 Å². The molecule has 0 spiro atoms. The van der Waals surface area contributed by atoms with Crippen molar-refractivity contribution >= 4 is 138 Å². The second-order valence-electron chi connectivity index (χ2n) is 29.0. The van der Waals surface area contributed by atoms with Crippen LogP contribution in [0.3, 0.4) is 0 Å². The van der Waals surface area contributed by atoms with Crippen molar-refractivity contribution in [3.8, 4) is 61.3 Å². The summed E-state index contributed by atoms with van der Waals surface area (Å²) in [6.07, 6.45) is 0. The van der Waals surface area contributed by atoms with Crippen molar-refractivity contribution in [3.05, 3.63) is 296 Å². The molecule has 5 heterocycles. The van der Waals surface area contributed by atoms with E-state index in [1.54, 1.807) is 0 Å². The third kappa shape index (κ3) is 8.12. The summed E-state index contributed by atoms with van der Waals surface area (Å²) >= 11 is 0. The van der Waals surface area contributed by atoms with Gasteiger partial charge in [0, 0.05) is 71.6 Å². The smallest absolute Gasteiger partial charge is 0.252 e. The van der Waals surface area contributed by atoms with Crippen LogP contribution in [-0.4, -0.2) is 11.3 Å². The second kappa shape index (κ2) is 20.4. The number of aromatic nitrogens is 1. The van der Waals surface area contributed by atoms with Gasteiger partial charge in [-0.05, 0) is 164 Å². The van der Waals surface area contributed by atoms with Gasteiger partial charge in [0.05, 0.1) is 11.0 Å². The van der Waals surface area contributed by atoms with Gasteiger partial charge in [0.25, 0.3) is 6.71 Å². The molecule has 0 amide bonds. The van der Waals surface area contributed by atoms with E-state index in [9.17, 15) is 0 Å². The third-order valence-electron chi connectivity index (χ3n) is 21.5. The molecule has 97 heavy (non-hydrogen) atoms. The predicted molar refractivity (Wildman–Crippen MR) is 412 cm³/mol. The first-order chi connectivity index (χ1) is 47.4. The zero-order chi connectivity index (χ0) is 64.7. The van der Waals surface area contributed by atoms with Gasteiger partial charge < -0.3 is 18.3 Å². The van der Waals surface area contributed by atoms with Crippen LogP contribution < -0.4 is 21.3 Å². The van der Waals surface area contributed by atoms with Gasteiger partial charge in [-0.1, -0.05) is 272 Å². The number of para-hydroxylation sites is 4. The fourth-order valence-electron chi connectivity index (χ4n) is 17.0. The fourth-order valence-corrected chi connectivity index (χ4v) is 17.0. The Kier molecular flexibility index (Phi) is 11.7. The Balaban J connectivity index is 0.985. The minimum absolute atomic E-state index is 0.0536. The van der Waals surface area contributed by atoms with E-state index in [1.807, 2.05) is 0 Å². The normalized spacial score (nSPS) is 13.0. The van der Waals surface area contributed by atoms with E-state index in [4.69, 9.17) is 8.83 Å². The number of benzene rings is 15. The summed E-state index contributed by atoms with van der Waals surface area (Å²) in [5.41, 5.74) is 27.8. The Morgan fingerprint density at radius 3 is 1.45 bits per heavy atom. The highest BCUT2D eigenvalue weighted by molar-refractivity contribution is 7.00. The maximum absolute atomic E-state index is 7.07. The lowest BCUT2D eigenvalue weighted by molar-refractivity contribution is 0.590. The van der Waals surface area contributed by atoms with Crippen molar-refractivity contribution in [3.63, 3.8) is 0 Å². The van der Waals surface area contributed by atoms with E-state index < -0.39 is 0 Å². The average molecular weight is 1240 g/mol. The van der Waals surface area contributed by atoms with Crippen molar-refractivity contribution in [1.29, 1.82) is 0 Å². The Labute approximate surface area is 563 Å². The molecular weight excluding hydrogens is 1180 g/mol. The molecule has 18 aromatic rings. The van der Waals surface area contributed by atoms with Crippen LogP contribution in [0.25, 0.3) is 159 Å². The van der Waals surface area contributed by atoms with Crippen LogP contribution in [0.15, 0.2) is 294 Å². The molecule has 0 bridgehead atoms. The van der Waals surface area contributed by atoms with Crippen LogP contribution in [0.1, 0.15) is 52.7 Å². The number of fused-ring (bicyclic) bond motifs is 20. The lowest BCUT2D eigenvalue weighted by Gasteiger charge is -2.41. The third-order valence-corrected chi connectivity index (χ3v) is 21.5. The highest BCUT2D eigenvalue weighted by atomic mass is 16.3. The minimum atomic E-state index is -0.183. The SMILES string of the molecule is CC(C)(C)c1ccc(N2c3ccc(C(C)(C)C)cc3B3c4c2cc(-c2c(-c5cccc6c5oc5ccccc56)cccc2-c2cccc5c2oc2ccccc25)cc4-n2c4ccc(-c5ccccc5-c5ccccc5)cc4c4c5c6ccccc6c6ccccc6c5cc3c42)cc1. The second-order valence-corrected chi connectivity index (χ2v) is 29.0. The lowest BCUT2D eigenvalue weighted by Crippen LogP contribution is -2.60.